The van der Waals surface area contributed by atoms with E-state index < -0.39 is 22.8 Å². The first-order valence-corrected chi connectivity index (χ1v) is 21.3. The van der Waals surface area contributed by atoms with Gasteiger partial charge in [0.2, 0.25) is 5.82 Å². The molecule has 8 atom stereocenters. The second-order valence-electron chi connectivity index (χ2n) is 20.3. The molecule has 0 bridgehead atoms. The van der Waals surface area contributed by atoms with Gasteiger partial charge in [-0.3, -0.25) is 14.4 Å². The largest absolute Gasteiger partial charge is 0.481 e. The number of allylic oxidation sites excluding steroid dienone is 2. The van der Waals surface area contributed by atoms with E-state index in [-0.39, 0.29) is 51.8 Å². The summed E-state index contributed by atoms with van der Waals surface area (Å²) in [6.45, 7) is 21.0. The summed E-state index contributed by atoms with van der Waals surface area (Å²) in [6.07, 6.45) is 11.0. The zero-order valence-corrected chi connectivity index (χ0v) is 36.0. The summed E-state index contributed by atoms with van der Waals surface area (Å²) < 4.78 is 8.36. The van der Waals surface area contributed by atoms with Crippen molar-refractivity contribution < 1.29 is 24.2 Å². The normalized spacial score (nSPS) is 35.1. The number of likely N-dealkylation sites (N-methyl/N-ethyl adjacent to an activating group) is 1. The standard InChI is InChI=1S/C44H63ClN6O5/c1-25(2)33-28(52)21-44(37-50-49-36(51(37)20-19-46-10)35-47-23-26(45)24-48-35)18-17-42(8)27(34(33)44)11-12-30-41(7)15-14-31(56-32(53)22-39(3,4)38(54)55)40(5,6)29(41)13-16-43(30,42)9/h23-25,27,29-31,46H,11-22H2,1-10H3,(H,54,55)/t27-,29?,30-,31+,41+,42-,43-,44-/m1/s1. The Kier molecular flexibility index (Phi) is 10.2. The number of nitrogens with zero attached hydrogens (tertiary/aromatic N) is 5. The Balaban J connectivity index is 1.24. The number of carbonyl (C=O) groups is 3. The molecule has 56 heavy (non-hydrogen) atoms. The lowest BCUT2D eigenvalue weighted by molar-refractivity contribution is -0.232. The SMILES string of the molecule is CNCCn1c(-c2ncc(Cl)cn2)nnc1[C@@]12CC[C@]3(C)[C@H](CC[C@@H]4[C@@]5(C)CC[C@H](OC(=O)CC(C)(C)C(=O)O)C(C)(C)C5CC[C@]43C)C1=C(C(C)C)C(=O)C2. The summed E-state index contributed by atoms with van der Waals surface area (Å²) in [4.78, 5) is 48.4. The van der Waals surface area contributed by atoms with E-state index in [4.69, 9.17) is 26.5 Å². The Morgan fingerprint density at radius 2 is 1.68 bits per heavy atom. The van der Waals surface area contributed by atoms with Gasteiger partial charge in [-0.05, 0) is 123 Å². The van der Waals surface area contributed by atoms with Crippen molar-refractivity contribution in [3.05, 3.63) is 34.4 Å². The molecule has 0 amide bonds. The van der Waals surface area contributed by atoms with Gasteiger partial charge < -0.3 is 19.7 Å². The minimum Gasteiger partial charge on any atom is -0.481 e. The van der Waals surface area contributed by atoms with Crippen LogP contribution in [0.15, 0.2) is 23.5 Å². The van der Waals surface area contributed by atoms with Crippen LogP contribution in [0.3, 0.4) is 0 Å². The summed E-state index contributed by atoms with van der Waals surface area (Å²) >= 11 is 6.18. The molecule has 0 saturated heterocycles. The van der Waals surface area contributed by atoms with Crippen molar-refractivity contribution in [3.63, 3.8) is 0 Å². The average molecular weight is 791 g/mol. The minimum atomic E-state index is -1.17. The first-order chi connectivity index (χ1) is 26.2. The lowest BCUT2D eigenvalue weighted by Crippen LogP contribution is -2.66. The molecule has 0 aliphatic heterocycles. The predicted molar refractivity (Wildman–Crippen MR) is 215 cm³/mol. The quantitative estimate of drug-likeness (QED) is 0.225. The average Bonchev–Trinajstić information content (AvgIpc) is 3.68. The molecule has 2 N–H and O–H groups in total. The molecule has 2 heterocycles. The van der Waals surface area contributed by atoms with Gasteiger partial charge in [0, 0.05) is 37.3 Å². The summed E-state index contributed by atoms with van der Waals surface area (Å²) in [7, 11) is 1.94. The maximum atomic E-state index is 14.4. The number of carbonyl (C=O) groups excluding carboxylic acids is 2. The van der Waals surface area contributed by atoms with E-state index in [1.165, 1.54) is 5.57 Å². The highest BCUT2D eigenvalue weighted by Gasteiger charge is 2.71. The third-order valence-electron chi connectivity index (χ3n) is 16.4. The number of carboxylic acid groups (broad SMARTS) is 1. The van der Waals surface area contributed by atoms with Crippen molar-refractivity contribution in [2.24, 2.45) is 50.7 Å². The number of halogens is 1. The van der Waals surface area contributed by atoms with Gasteiger partial charge >= 0.3 is 11.9 Å². The number of ether oxygens (including phenoxy) is 1. The molecule has 5 aliphatic rings. The molecule has 0 aromatic carbocycles. The van der Waals surface area contributed by atoms with Gasteiger partial charge in [0.15, 0.2) is 11.6 Å². The number of carboxylic acids is 1. The fourth-order valence-corrected chi connectivity index (χ4v) is 13.5. The lowest BCUT2D eigenvalue weighted by Gasteiger charge is -2.72. The molecule has 4 saturated carbocycles. The fraction of sp³-hybridized carbons (Fsp3) is 0.750. The number of hydrogen-bond acceptors (Lipinski definition) is 9. The van der Waals surface area contributed by atoms with E-state index in [1.807, 2.05) is 7.05 Å². The van der Waals surface area contributed by atoms with Crippen molar-refractivity contribution >= 4 is 29.3 Å². The van der Waals surface area contributed by atoms with Crippen LogP contribution in [0.5, 0.6) is 0 Å². The first-order valence-electron chi connectivity index (χ1n) is 20.9. The number of nitrogens with one attached hydrogen (secondary N) is 1. The second kappa shape index (κ2) is 14.0. The Hall–Kier alpha value is -3.18. The molecule has 306 valence electrons. The van der Waals surface area contributed by atoms with Gasteiger partial charge in [0.25, 0.3) is 0 Å². The zero-order valence-electron chi connectivity index (χ0n) is 35.2. The molecule has 7 rings (SSSR count). The molecule has 12 heteroatoms. The van der Waals surface area contributed by atoms with Crippen LogP contribution in [0.25, 0.3) is 11.6 Å². The maximum absolute atomic E-state index is 14.4. The van der Waals surface area contributed by atoms with Gasteiger partial charge in [0.05, 0.1) is 22.3 Å². The first kappa shape index (κ1) is 41.0. The van der Waals surface area contributed by atoms with Crippen LogP contribution >= 0.6 is 11.6 Å². The van der Waals surface area contributed by atoms with E-state index in [1.54, 1.807) is 26.2 Å². The predicted octanol–water partition coefficient (Wildman–Crippen LogP) is 8.25. The number of hydrogen-bond donors (Lipinski definition) is 2. The Bertz CT molecular complexity index is 1940. The molecule has 1 unspecified atom stereocenters. The van der Waals surface area contributed by atoms with Gasteiger partial charge in [0.1, 0.15) is 11.9 Å². The summed E-state index contributed by atoms with van der Waals surface area (Å²) in [6, 6.07) is 0. The molecule has 11 nitrogen and oxygen atoms in total. The highest BCUT2D eigenvalue weighted by molar-refractivity contribution is 6.30. The number of rotatable bonds is 10. The highest BCUT2D eigenvalue weighted by Crippen LogP contribution is 2.76. The van der Waals surface area contributed by atoms with E-state index in [0.29, 0.717) is 48.0 Å². The molecule has 0 spiro atoms. The minimum absolute atomic E-state index is 0.0290. The number of aliphatic carboxylic acids is 1. The summed E-state index contributed by atoms with van der Waals surface area (Å²) in [5.41, 5.74) is 0.380. The van der Waals surface area contributed by atoms with Gasteiger partial charge in [-0.25, -0.2) is 9.97 Å². The summed E-state index contributed by atoms with van der Waals surface area (Å²) in [5, 5.41) is 23.1. The van der Waals surface area contributed by atoms with Gasteiger partial charge in [-0.2, -0.15) is 0 Å². The van der Waals surface area contributed by atoms with Crippen molar-refractivity contribution in [1.82, 2.24) is 30.0 Å². The summed E-state index contributed by atoms with van der Waals surface area (Å²) in [5.74, 6) is 1.89. The topological polar surface area (TPSA) is 149 Å². The molecule has 2 aromatic rings. The smallest absolute Gasteiger partial charge is 0.309 e. The number of fused-ring (bicyclic) bond motifs is 7. The van der Waals surface area contributed by atoms with Crippen LogP contribution < -0.4 is 5.32 Å². The Morgan fingerprint density at radius 3 is 2.32 bits per heavy atom. The fourth-order valence-electron chi connectivity index (χ4n) is 13.4. The molecular weight excluding hydrogens is 728 g/mol. The number of aromatic nitrogens is 5. The third-order valence-corrected chi connectivity index (χ3v) is 16.6. The van der Waals surface area contributed by atoms with Crippen LogP contribution in [0.2, 0.25) is 5.02 Å². The van der Waals surface area contributed by atoms with Gasteiger partial charge in [-0.15, -0.1) is 10.2 Å². The maximum Gasteiger partial charge on any atom is 0.309 e. The van der Waals surface area contributed by atoms with E-state index in [9.17, 15) is 19.5 Å². The van der Waals surface area contributed by atoms with Crippen molar-refractivity contribution in [2.75, 3.05) is 13.6 Å². The van der Waals surface area contributed by atoms with Crippen LogP contribution in [0.1, 0.15) is 132 Å². The number of ketones is 1. The zero-order chi connectivity index (χ0) is 40.8. The van der Waals surface area contributed by atoms with Crippen molar-refractivity contribution in [1.29, 1.82) is 0 Å². The number of Topliss-reactive ketones (excluding diaryl/α,β-unsaturated/α-hetero) is 1. The lowest BCUT2D eigenvalue weighted by atomic mass is 9.33. The molecule has 5 aliphatic carbocycles. The van der Waals surface area contributed by atoms with Gasteiger partial charge in [-0.1, -0.05) is 60.1 Å². The second-order valence-corrected chi connectivity index (χ2v) is 20.7. The Morgan fingerprint density at radius 1 is 0.982 bits per heavy atom. The van der Waals surface area contributed by atoms with Crippen LogP contribution in [0, 0.1) is 50.7 Å². The van der Waals surface area contributed by atoms with Crippen molar-refractivity contribution in [3.8, 4) is 11.6 Å². The highest BCUT2D eigenvalue weighted by atomic mass is 35.5. The Labute approximate surface area is 337 Å². The number of esters is 1. The van der Waals surface area contributed by atoms with Crippen LogP contribution in [-0.2, 0) is 31.1 Å². The monoisotopic (exact) mass is 790 g/mol. The van der Waals surface area contributed by atoms with E-state index in [2.05, 4.69) is 68.3 Å². The molecular formula is C44H63ClN6O5. The third kappa shape index (κ3) is 6.01. The van der Waals surface area contributed by atoms with E-state index >= 15 is 0 Å². The van der Waals surface area contributed by atoms with Crippen LogP contribution in [-0.4, -0.2) is 67.3 Å². The molecule has 2 aromatic heterocycles. The molecule has 4 fully saturated rings. The van der Waals surface area contributed by atoms with Crippen molar-refractivity contribution in [2.45, 2.75) is 145 Å². The van der Waals surface area contributed by atoms with E-state index in [0.717, 1.165) is 62.8 Å². The van der Waals surface area contributed by atoms with Crippen LogP contribution in [0.4, 0.5) is 0 Å². The molecule has 0 radical (unpaired) electrons.